The lowest BCUT2D eigenvalue weighted by Crippen LogP contribution is -2.26. The third-order valence-corrected chi connectivity index (χ3v) is 4.45. The standard InChI is InChI=1S/C15H19NO3S/c1-10(17)13-5-3-4-6-14(13)16-8-12(7-15(16)19)9-20-11(2)18/h3-6,10,12,17H,7-9H2,1-2H3. The van der Waals surface area contributed by atoms with Crippen molar-refractivity contribution < 1.29 is 14.7 Å². The lowest BCUT2D eigenvalue weighted by molar-refractivity contribution is -0.117. The molecule has 2 unspecified atom stereocenters. The molecule has 108 valence electrons. The summed E-state index contributed by atoms with van der Waals surface area (Å²) in [5, 5.41) is 9.89. The molecule has 0 aliphatic carbocycles. The van der Waals surface area contributed by atoms with E-state index in [1.165, 1.54) is 11.8 Å². The van der Waals surface area contributed by atoms with Crippen LogP contribution in [0.25, 0.3) is 0 Å². The number of aliphatic hydroxyl groups excluding tert-OH is 1. The van der Waals surface area contributed by atoms with Crippen molar-refractivity contribution in [3.05, 3.63) is 29.8 Å². The van der Waals surface area contributed by atoms with Crippen LogP contribution in [-0.2, 0) is 9.59 Å². The normalized spacial score (nSPS) is 20.2. The maximum atomic E-state index is 12.2. The number of hydrogen-bond donors (Lipinski definition) is 1. The minimum atomic E-state index is -0.607. The molecule has 0 aromatic heterocycles. The second kappa shape index (κ2) is 6.41. The zero-order chi connectivity index (χ0) is 14.7. The fourth-order valence-electron chi connectivity index (χ4n) is 2.45. The zero-order valence-corrected chi connectivity index (χ0v) is 12.5. The summed E-state index contributed by atoms with van der Waals surface area (Å²) in [5.41, 5.74) is 1.54. The van der Waals surface area contributed by atoms with Gasteiger partial charge in [-0.15, -0.1) is 0 Å². The first kappa shape index (κ1) is 15.1. The Labute approximate surface area is 123 Å². The highest BCUT2D eigenvalue weighted by Crippen LogP contribution is 2.32. The van der Waals surface area contributed by atoms with Crippen LogP contribution in [0.5, 0.6) is 0 Å². The molecule has 1 heterocycles. The first-order chi connectivity index (χ1) is 9.49. The zero-order valence-electron chi connectivity index (χ0n) is 11.7. The van der Waals surface area contributed by atoms with Gasteiger partial charge in [-0.05, 0) is 18.9 Å². The van der Waals surface area contributed by atoms with Gasteiger partial charge >= 0.3 is 0 Å². The summed E-state index contributed by atoms with van der Waals surface area (Å²) in [4.78, 5) is 24.9. The summed E-state index contributed by atoms with van der Waals surface area (Å²) in [6.45, 7) is 3.85. The maximum Gasteiger partial charge on any atom is 0.227 e. The van der Waals surface area contributed by atoms with E-state index in [0.29, 0.717) is 18.7 Å². The van der Waals surface area contributed by atoms with Gasteiger partial charge in [-0.25, -0.2) is 0 Å². The van der Waals surface area contributed by atoms with Crippen LogP contribution in [0.2, 0.25) is 0 Å². The summed E-state index contributed by atoms with van der Waals surface area (Å²) in [6, 6.07) is 7.42. The van der Waals surface area contributed by atoms with Gasteiger partial charge in [-0.3, -0.25) is 9.59 Å². The van der Waals surface area contributed by atoms with Crippen LogP contribution in [0.3, 0.4) is 0 Å². The van der Waals surface area contributed by atoms with Crippen LogP contribution in [0.4, 0.5) is 5.69 Å². The number of carbonyl (C=O) groups excluding carboxylic acids is 2. The predicted octanol–water partition coefficient (Wildman–Crippen LogP) is 2.37. The molecular formula is C15H19NO3S. The van der Waals surface area contributed by atoms with Crippen LogP contribution < -0.4 is 4.90 Å². The molecule has 1 amide bonds. The van der Waals surface area contributed by atoms with E-state index in [4.69, 9.17) is 0 Å². The largest absolute Gasteiger partial charge is 0.389 e. The lowest BCUT2D eigenvalue weighted by atomic mass is 10.1. The molecule has 1 aromatic carbocycles. The average molecular weight is 293 g/mol. The Kier molecular flexibility index (Phi) is 4.83. The van der Waals surface area contributed by atoms with Crippen LogP contribution >= 0.6 is 11.8 Å². The van der Waals surface area contributed by atoms with E-state index in [1.54, 1.807) is 18.7 Å². The van der Waals surface area contributed by atoms with Crippen LogP contribution in [-0.4, -0.2) is 28.4 Å². The Bertz CT molecular complexity index is 516. The summed E-state index contributed by atoms with van der Waals surface area (Å²) < 4.78 is 0. The monoisotopic (exact) mass is 293 g/mol. The third kappa shape index (κ3) is 3.41. The Morgan fingerprint density at radius 3 is 2.85 bits per heavy atom. The number of para-hydroxylation sites is 1. The van der Waals surface area contributed by atoms with Crippen molar-refractivity contribution in [2.24, 2.45) is 5.92 Å². The molecule has 1 fully saturated rings. The molecule has 5 heteroatoms. The number of rotatable bonds is 4. The van der Waals surface area contributed by atoms with Crippen molar-refractivity contribution in [2.75, 3.05) is 17.2 Å². The van der Waals surface area contributed by atoms with E-state index < -0.39 is 6.10 Å². The summed E-state index contributed by atoms with van der Waals surface area (Å²) in [7, 11) is 0. The third-order valence-electron chi connectivity index (χ3n) is 3.41. The highest BCUT2D eigenvalue weighted by molar-refractivity contribution is 8.13. The van der Waals surface area contributed by atoms with Gasteiger partial charge in [-0.1, -0.05) is 30.0 Å². The van der Waals surface area contributed by atoms with Gasteiger partial charge in [-0.2, -0.15) is 0 Å². The highest BCUT2D eigenvalue weighted by atomic mass is 32.2. The van der Waals surface area contributed by atoms with Gasteiger partial charge in [0.2, 0.25) is 5.91 Å². The molecule has 2 atom stereocenters. The van der Waals surface area contributed by atoms with Crippen LogP contribution in [0, 0.1) is 5.92 Å². The molecule has 2 rings (SSSR count). The fourth-order valence-corrected chi connectivity index (χ4v) is 3.14. The molecule has 0 bridgehead atoms. The Balaban J connectivity index is 2.14. The number of carbonyl (C=O) groups is 2. The maximum absolute atomic E-state index is 12.2. The van der Waals surface area contributed by atoms with Crippen molar-refractivity contribution >= 4 is 28.5 Å². The first-order valence-corrected chi connectivity index (χ1v) is 7.68. The number of anilines is 1. The van der Waals surface area contributed by atoms with Crippen LogP contribution in [0.1, 0.15) is 31.9 Å². The molecule has 1 N–H and O–H groups in total. The molecule has 4 nitrogen and oxygen atoms in total. The van der Waals surface area contributed by atoms with Crippen LogP contribution in [0.15, 0.2) is 24.3 Å². The fraction of sp³-hybridized carbons (Fsp3) is 0.467. The Hall–Kier alpha value is -1.33. The molecular weight excluding hydrogens is 274 g/mol. The van der Waals surface area contributed by atoms with Gasteiger partial charge in [0.15, 0.2) is 5.12 Å². The predicted molar refractivity (Wildman–Crippen MR) is 80.7 cm³/mol. The molecule has 1 aliphatic heterocycles. The first-order valence-electron chi connectivity index (χ1n) is 6.69. The van der Waals surface area contributed by atoms with Gasteiger partial charge < -0.3 is 10.0 Å². The number of benzene rings is 1. The van der Waals surface area contributed by atoms with Gasteiger partial charge in [0.05, 0.1) is 6.10 Å². The topological polar surface area (TPSA) is 57.6 Å². The average Bonchev–Trinajstić information content (AvgIpc) is 2.77. The van der Waals surface area contributed by atoms with E-state index in [9.17, 15) is 14.7 Å². The quantitative estimate of drug-likeness (QED) is 0.926. The molecule has 1 aromatic rings. The molecule has 20 heavy (non-hydrogen) atoms. The molecule has 0 radical (unpaired) electrons. The highest BCUT2D eigenvalue weighted by Gasteiger charge is 2.32. The Morgan fingerprint density at radius 1 is 1.50 bits per heavy atom. The SMILES string of the molecule is CC(=O)SCC1CC(=O)N(c2ccccc2C(C)O)C1. The van der Waals surface area contributed by atoms with E-state index in [-0.39, 0.29) is 16.9 Å². The van der Waals surface area contributed by atoms with E-state index in [2.05, 4.69) is 0 Å². The second-order valence-electron chi connectivity index (χ2n) is 5.11. The summed E-state index contributed by atoms with van der Waals surface area (Å²) >= 11 is 1.27. The van der Waals surface area contributed by atoms with Crippen molar-refractivity contribution in [1.29, 1.82) is 0 Å². The molecule has 1 aliphatic rings. The number of aliphatic hydroxyl groups is 1. The van der Waals surface area contributed by atoms with Crippen molar-refractivity contribution in [2.45, 2.75) is 26.4 Å². The summed E-state index contributed by atoms with van der Waals surface area (Å²) in [6.07, 6.45) is -0.140. The smallest absolute Gasteiger partial charge is 0.227 e. The number of thioether (sulfide) groups is 1. The number of nitrogens with zero attached hydrogens (tertiary/aromatic N) is 1. The van der Waals surface area contributed by atoms with E-state index in [1.807, 2.05) is 24.3 Å². The number of amides is 1. The van der Waals surface area contributed by atoms with Gasteiger partial charge in [0.1, 0.15) is 0 Å². The minimum absolute atomic E-state index is 0.0623. The molecule has 0 saturated carbocycles. The van der Waals surface area contributed by atoms with Crippen molar-refractivity contribution in [3.63, 3.8) is 0 Å². The summed E-state index contributed by atoms with van der Waals surface area (Å²) in [5.74, 6) is 0.930. The van der Waals surface area contributed by atoms with Gasteiger partial charge in [0.25, 0.3) is 0 Å². The number of hydrogen-bond acceptors (Lipinski definition) is 4. The molecule has 1 saturated heterocycles. The molecule has 0 spiro atoms. The second-order valence-corrected chi connectivity index (χ2v) is 6.31. The minimum Gasteiger partial charge on any atom is -0.389 e. The van der Waals surface area contributed by atoms with E-state index >= 15 is 0 Å². The van der Waals surface area contributed by atoms with E-state index in [0.717, 1.165) is 11.3 Å². The van der Waals surface area contributed by atoms with Crippen molar-refractivity contribution in [3.8, 4) is 0 Å². The Morgan fingerprint density at radius 2 is 2.20 bits per heavy atom. The van der Waals surface area contributed by atoms with Crippen molar-refractivity contribution in [1.82, 2.24) is 0 Å². The lowest BCUT2D eigenvalue weighted by Gasteiger charge is -2.21. The van der Waals surface area contributed by atoms with Gasteiger partial charge in [0, 0.05) is 36.9 Å².